The lowest BCUT2D eigenvalue weighted by atomic mass is 9.96. The number of esters is 1. The minimum Gasteiger partial charge on any atom is -0.500 e. The first kappa shape index (κ1) is 24.8. The lowest BCUT2D eigenvalue weighted by molar-refractivity contribution is -0.386. The number of hydrogen-bond acceptors (Lipinski definition) is 9. The second-order valence-electron chi connectivity index (χ2n) is 7.70. The van der Waals surface area contributed by atoms with Crippen LogP contribution >= 0.6 is 11.3 Å². The fourth-order valence-electron chi connectivity index (χ4n) is 3.90. The molecule has 0 unspecified atom stereocenters. The monoisotopic (exact) mass is 513 g/mol. The molecule has 36 heavy (non-hydrogen) atoms. The summed E-state index contributed by atoms with van der Waals surface area (Å²) in [6, 6.07) is 6.95. The zero-order valence-corrected chi connectivity index (χ0v) is 20.2. The van der Waals surface area contributed by atoms with E-state index in [0.717, 1.165) is 17.4 Å². The number of halogens is 1. The quantitative estimate of drug-likeness (QED) is 0.304. The first-order valence-corrected chi connectivity index (χ1v) is 11.5. The van der Waals surface area contributed by atoms with Gasteiger partial charge in [0.25, 0.3) is 5.56 Å². The number of nitro groups is 1. The number of nitro benzene ring substituents is 1. The maximum atomic E-state index is 13.6. The fraction of sp³-hybridized carbons (Fsp3) is 0.208. The van der Waals surface area contributed by atoms with E-state index in [9.17, 15) is 29.2 Å². The third-order valence-corrected chi connectivity index (χ3v) is 6.48. The zero-order valence-electron chi connectivity index (χ0n) is 19.4. The second-order valence-corrected chi connectivity index (χ2v) is 8.71. The molecule has 1 aromatic heterocycles. The molecule has 1 aliphatic rings. The van der Waals surface area contributed by atoms with Crippen LogP contribution in [-0.4, -0.2) is 34.3 Å². The molecule has 1 atom stereocenters. The summed E-state index contributed by atoms with van der Waals surface area (Å²) in [6.45, 7) is 3.38. The van der Waals surface area contributed by atoms with Crippen LogP contribution in [0.2, 0.25) is 0 Å². The Morgan fingerprint density at radius 1 is 1.33 bits per heavy atom. The smallest absolute Gasteiger partial charge is 0.338 e. The largest absolute Gasteiger partial charge is 0.500 e. The summed E-state index contributed by atoms with van der Waals surface area (Å²) in [4.78, 5) is 41.7. The molecule has 0 fully saturated rings. The highest BCUT2D eigenvalue weighted by atomic mass is 32.1. The van der Waals surface area contributed by atoms with Crippen molar-refractivity contribution in [2.45, 2.75) is 19.9 Å². The summed E-state index contributed by atoms with van der Waals surface area (Å²) in [7, 11) is 1.25. The van der Waals surface area contributed by atoms with Crippen LogP contribution in [0.1, 0.15) is 31.0 Å². The number of aromatic nitrogens is 1. The summed E-state index contributed by atoms with van der Waals surface area (Å²) in [5.41, 5.74) is 0.0987. The van der Waals surface area contributed by atoms with Gasteiger partial charge in [0.05, 0.1) is 40.5 Å². The molecule has 2 heterocycles. The van der Waals surface area contributed by atoms with Crippen molar-refractivity contribution < 1.29 is 28.7 Å². The molecule has 12 heteroatoms. The molecule has 0 radical (unpaired) electrons. The topological polar surface area (TPSA) is 133 Å². The van der Waals surface area contributed by atoms with E-state index in [2.05, 4.69) is 4.99 Å². The number of allylic oxidation sites excluding steroid dienone is 1. The Morgan fingerprint density at radius 3 is 2.64 bits per heavy atom. The van der Waals surface area contributed by atoms with E-state index in [-0.39, 0.29) is 32.8 Å². The average Bonchev–Trinajstić information content (AvgIpc) is 3.13. The lowest BCUT2D eigenvalue weighted by Gasteiger charge is -2.24. The van der Waals surface area contributed by atoms with Gasteiger partial charge in [-0.25, -0.2) is 14.2 Å². The lowest BCUT2D eigenvalue weighted by Crippen LogP contribution is -2.39. The number of fused-ring (bicyclic) bond motifs is 1. The molecule has 0 saturated heterocycles. The Bertz CT molecular complexity index is 1590. The Kier molecular flexibility index (Phi) is 6.71. The number of benzene rings is 2. The van der Waals surface area contributed by atoms with Crippen LogP contribution in [0.15, 0.2) is 57.5 Å². The first-order valence-electron chi connectivity index (χ1n) is 10.7. The molecule has 10 nitrogen and oxygen atoms in total. The number of nitrogens with zero attached hydrogens (tertiary/aromatic N) is 3. The van der Waals surface area contributed by atoms with E-state index in [1.54, 1.807) is 13.8 Å². The number of thiazole rings is 1. The van der Waals surface area contributed by atoms with E-state index in [0.29, 0.717) is 11.3 Å². The van der Waals surface area contributed by atoms with Crippen molar-refractivity contribution >= 4 is 29.1 Å². The molecule has 0 spiro atoms. The van der Waals surface area contributed by atoms with Gasteiger partial charge in [-0.15, -0.1) is 0 Å². The molecule has 0 bridgehead atoms. The third kappa shape index (κ3) is 4.38. The Balaban J connectivity index is 1.96. The fourth-order valence-corrected chi connectivity index (χ4v) is 4.94. The predicted molar refractivity (Wildman–Crippen MR) is 128 cm³/mol. The summed E-state index contributed by atoms with van der Waals surface area (Å²) < 4.78 is 25.4. The van der Waals surface area contributed by atoms with Gasteiger partial charge in [-0.05, 0) is 49.2 Å². The van der Waals surface area contributed by atoms with Gasteiger partial charge in [-0.1, -0.05) is 23.5 Å². The van der Waals surface area contributed by atoms with Crippen LogP contribution in [-0.2, 0) is 9.53 Å². The number of phenolic OH excluding ortho intramolecular Hbond substituents is 1. The van der Waals surface area contributed by atoms with Gasteiger partial charge >= 0.3 is 11.7 Å². The minimum absolute atomic E-state index is 0.109. The van der Waals surface area contributed by atoms with Crippen LogP contribution in [0, 0.1) is 15.9 Å². The molecular formula is C24H20FN3O7S. The van der Waals surface area contributed by atoms with Crippen LogP contribution in [0.5, 0.6) is 11.5 Å². The average molecular weight is 514 g/mol. The van der Waals surface area contributed by atoms with Gasteiger partial charge in [-0.3, -0.25) is 19.5 Å². The number of hydrogen-bond donors (Lipinski definition) is 1. The molecule has 0 amide bonds. The normalized spacial score (nSPS) is 15.3. The summed E-state index contributed by atoms with van der Waals surface area (Å²) in [6.07, 6.45) is 1.41. The Morgan fingerprint density at radius 2 is 2.03 bits per heavy atom. The summed E-state index contributed by atoms with van der Waals surface area (Å²) >= 11 is 1.02. The summed E-state index contributed by atoms with van der Waals surface area (Å²) in [5, 5.41) is 21.4. The number of carbonyl (C=O) groups excluding carboxylic acids is 1. The number of rotatable bonds is 6. The van der Waals surface area contributed by atoms with Gasteiger partial charge in [0.2, 0.25) is 5.75 Å². The maximum absolute atomic E-state index is 13.6. The van der Waals surface area contributed by atoms with Crippen molar-refractivity contribution in [3.05, 3.63) is 94.4 Å². The van der Waals surface area contributed by atoms with E-state index < -0.39 is 39.7 Å². The SMILES string of the molecule is CCOC(=O)C1=C(C)N=c2s/c(=C\c3cc(OC)c(O)c([N+](=O)[O-])c3)c(=O)n2[C@@H]1c1ccc(F)cc1. The molecule has 1 aliphatic heterocycles. The van der Waals surface area contributed by atoms with Crippen molar-refractivity contribution in [2.75, 3.05) is 13.7 Å². The van der Waals surface area contributed by atoms with Crippen molar-refractivity contribution in [3.8, 4) is 11.5 Å². The third-order valence-electron chi connectivity index (χ3n) is 5.49. The van der Waals surface area contributed by atoms with Crippen LogP contribution in [0.4, 0.5) is 10.1 Å². The molecule has 1 N–H and O–H groups in total. The molecule has 186 valence electrons. The van der Waals surface area contributed by atoms with Crippen LogP contribution in [0.25, 0.3) is 6.08 Å². The van der Waals surface area contributed by atoms with Gasteiger partial charge in [0.15, 0.2) is 10.6 Å². The highest BCUT2D eigenvalue weighted by molar-refractivity contribution is 7.07. The Labute approximate surface area is 207 Å². The molecule has 3 aromatic rings. The van der Waals surface area contributed by atoms with Crippen molar-refractivity contribution in [3.63, 3.8) is 0 Å². The number of phenols is 1. The number of aromatic hydroxyl groups is 1. The predicted octanol–water partition coefficient (Wildman–Crippen LogP) is 2.56. The van der Waals surface area contributed by atoms with Gasteiger partial charge in [0.1, 0.15) is 5.82 Å². The number of methoxy groups -OCH3 is 1. The molecule has 4 rings (SSSR count). The zero-order chi connectivity index (χ0) is 26.1. The summed E-state index contributed by atoms with van der Waals surface area (Å²) in [5.74, 6) is -1.89. The molecule has 0 saturated carbocycles. The second kappa shape index (κ2) is 9.74. The van der Waals surface area contributed by atoms with Gasteiger partial charge < -0.3 is 14.6 Å². The highest BCUT2D eigenvalue weighted by Crippen LogP contribution is 2.37. The van der Waals surface area contributed by atoms with E-state index in [1.807, 2.05) is 0 Å². The number of carbonyl (C=O) groups is 1. The molecular weight excluding hydrogens is 493 g/mol. The highest BCUT2D eigenvalue weighted by Gasteiger charge is 2.33. The van der Waals surface area contributed by atoms with E-state index >= 15 is 0 Å². The molecule has 0 aliphatic carbocycles. The van der Waals surface area contributed by atoms with E-state index in [4.69, 9.17) is 9.47 Å². The standard InChI is InChI=1S/C24H20FN3O7S/c1-4-35-23(31)19-12(2)26-24-27(20(19)14-5-7-15(25)8-6-14)22(30)18(36-24)11-13-9-16(28(32)33)21(29)17(10-13)34-3/h5-11,20,29H,4H2,1-3H3/b18-11-/t20-/m1/s1. The van der Waals surface area contributed by atoms with E-state index in [1.165, 1.54) is 48.1 Å². The minimum atomic E-state index is -0.924. The van der Waals surface area contributed by atoms with Crippen molar-refractivity contribution in [1.82, 2.24) is 4.57 Å². The van der Waals surface area contributed by atoms with Crippen molar-refractivity contribution in [2.24, 2.45) is 4.99 Å². The van der Waals surface area contributed by atoms with Crippen LogP contribution < -0.4 is 19.6 Å². The van der Waals surface area contributed by atoms with Crippen LogP contribution in [0.3, 0.4) is 0 Å². The van der Waals surface area contributed by atoms with Gasteiger partial charge in [0, 0.05) is 6.07 Å². The maximum Gasteiger partial charge on any atom is 0.338 e. The van der Waals surface area contributed by atoms with Gasteiger partial charge in [-0.2, -0.15) is 0 Å². The number of ether oxygens (including phenoxy) is 2. The Hall–Kier alpha value is -4.32. The first-order chi connectivity index (χ1) is 17.2. The molecule has 2 aromatic carbocycles. The van der Waals surface area contributed by atoms with Crippen molar-refractivity contribution in [1.29, 1.82) is 0 Å².